The van der Waals surface area contributed by atoms with Crippen molar-refractivity contribution in [2.45, 2.75) is 20.3 Å². The van der Waals surface area contributed by atoms with Crippen LogP contribution in [0.25, 0.3) is 0 Å². The second-order valence-electron chi connectivity index (χ2n) is 3.31. The van der Waals surface area contributed by atoms with Crippen LogP contribution >= 0.6 is 0 Å². The zero-order valence-electron chi connectivity index (χ0n) is 9.65. The van der Waals surface area contributed by atoms with E-state index in [1.165, 1.54) is 6.92 Å². The number of rotatable bonds is 4. The minimum Gasteiger partial charge on any atom is -0.462 e. The van der Waals surface area contributed by atoms with Crippen LogP contribution in [-0.4, -0.2) is 22.5 Å². The van der Waals surface area contributed by atoms with Crippen molar-refractivity contribution >= 4 is 11.8 Å². The van der Waals surface area contributed by atoms with E-state index in [4.69, 9.17) is 0 Å². The highest BCUT2D eigenvalue weighted by atomic mass is 19.3. The molecule has 0 atom stereocenters. The summed E-state index contributed by atoms with van der Waals surface area (Å²) >= 11 is 0. The molecule has 1 heterocycles. The minimum absolute atomic E-state index is 0.0115. The predicted octanol–water partition coefficient (Wildman–Crippen LogP) is 2.41. The maximum atomic E-state index is 12.9. The highest BCUT2D eigenvalue weighted by molar-refractivity contribution is 5.91. The molecular weight excluding hydrogens is 250 g/mol. The second kappa shape index (κ2) is 5.48. The summed E-state index contributed by atoms with van der Waals surface area (Å²) < 4.78 is 30.3. The number of halogens is 2. The maximum Gasteiger partial charge on any atom is 0.366 e. The molecule has 0 spiro atoms. The SMILES string of the molecule is CCOC(=O)c1cnc([N+](=O)[O-])c(C)c1C(F)F. The van der Waals surface area contributed by atoms with Crippen LogP contribution in [0.5, 0.6) is 0 Å². The van der Waals surface area contributed by atoms with Crippen molar-refractivity contribution in [3.05, 3.63) is 33.0 Å². The molecule has 98 valence electrons. The lowest BCUT2D eigenvalue weighted by Gasteiger charge is -2.09. The van der Waals surface area contributed by atoms with Gasteiger partial charge in [0.2, 0.25) is 0 Å². The van der Waals surface area contributed by atoms with Gasteiger partial charge in [0, 0.05) is 5.56 Å². The van der Waals surface area contributed by atoms with Gasteiger partial charge in [-0.15, -0.1) is 0 Å². The van der Waals surface area contributed by atoms with Gasteiger partial charge in [-0.1, -0.05) is 0 Å². The second-order valence-corrected chi connectivity index (χ2v) is 3.31. The summed E-state index contributed by atoms with van der Waals surface area (Å²) in [6.45, 7) is 2.65. The number of hydrogen-bond donors (Lipinski definition) is 0. The minimum atomic E-state index is -3.02. The van der Waals surface area contributed by atoms with Crippen LogP contribution in [0.2, 0.25) is 0 Å². The molecule has 0 aromatic carbocycles. The smallest absolute Gasteiger partial charge is 0.366 e. The molecule has 1 aromatic rings. The third-order valence-electron chi connectivity index (χ3n) is 2.23. The average molecular weight is 260 g/mol. The molecule has 1 rings (SSSR count). The van der Waals surface area contributed by atoms with Gasteiger partial charge in [-0.2, -0.15) is 0 Å². The monoisotopic (exact) mass is 260 g/mol. The number of aromatic nitrogens is 1. The van der Waals surface area contributed by atoms with Gasteiger partial charge in [-0.3, -0.25) is 0 Å². The van der Waals surface area contributed by atoms with Crippen LogP contribution in [0.1, 0.15) is 34.8 Å². The van der Waals surface area contributed by atoms with E-state index >= 15 is 0 Å². The molecule has 0 saturated carbocycles. The summed E-state index contributed by atoms with van der Waals surface area (Å²) in [6.07, 6.45) is -2.28. The molecule has 8 heteroatoms. The molecule has 18 heavy (non-hydrogen) atoms. The third kappa shape index (κ3) is 2.58. The van der Waals surface area contributed by atoms with Gasteiger partial charge in [-0.05, 0) is 23.8 Å². The lowest BCUT2D eigenvalue weighted by molar-refractivity contribution is -0.390. The molecule has 0 radical (unpaired) electrons. The fraction of sp³-hybridized carbons (Fsp3) is 0.400. The Bertz CT molecular complexity index is 491. The standard InChI is InChI=1S/C10H10F2N2O4/c1-3-18-10(15)6-4-13-9(14(16)17)5(2)7(6)8(11)12/h4,8H,3H2,1-2H3. The summed E-state index contributed by atoms with van der Waals surface area (Å²) in [4.78, 5) is 24.5. The quantitative estimate of drug-likeness (QED) is 0.471. The van der Waals surface area contributed by atoms with E-state index in [0.717, 1.165) is 13.1 Å². The Morgan fingerprint density at radius 3 is 2.67 bits per heavy atom. The van der Waals surface area contributed by atoms with E-state index in [1.807, 2.05) is 0 Å². The van der Waals surface area contributed by atoms with Crippen LogP contribution in [0.15, 0.2) is 6.20 Å². The lowest BCUT2D eigenvalue weighted by Crippen LogP contribution is -2.12. The molecule has 0 fully saturated rings. The molecule has 6 nitrogen and oxygen atoms in total. The zero-order chi connectivity index (χ0) is 13.9. The zero-order valence-corrected chi connectivity index (χ0v) is 9.65. The number of carbonyl (C=O) groups excluding carboxylic acids is 1. The van der Waals surface area contributed by atoms with E-state index in [-0.39, 0.29) is 12.2 Å². The summed E-state index contributed by atoms with van der Waals surface area (Å²) in [5, 5.41) is 10.6. The molecule has 1 aromatic heterocycles. The van der Waals surface area contributed by atoms with Gasteiger partial charge < -0.3 is 14.9 Å². The van der Waals surface area contributed by atoms with Crippen LogP contribution < -0.4 is 0 Å². The fourth-order valence-corrected chi connectivity index (χ4v) is 1.45. The first kappa shape index (κ1) is 13.9. The Morgan fingerprint density at radius 1 is 1.61 bits per heavy atom. The van der Waals surface area contributed by atoms with Gasteiger partial charge in [-0.25, -0.2) is 13.6 Å². The number of hydrogen-bond acceptors (Lipinski definition) is 5. The molecule has 0 aliphatic carbocycles. The molecule has 0 amide bonds. The van der Waals surface area contributed by atoms with Crippen molar-refractivity contribution in [3.63, 3.8) is 0 Å². The average Bonchev–Trinajstić information content (AvgIpc) is 2.27. The van der Waals surface area contributed by atoms with Crippen LogP contribution in [0.3, 0.4) is 0 Å². The highest BCUT2D eigenvalue weighted by Gasteiger charge is 2.29. The van der Waals surface area contributed by atoms with E-state index in [0.29, 0.717) is 0 Å². The van der Waals surface area contributed by atoms with Gasteiger partial charge >= 0.3 is 11.8 Å². The number of pyridine rings is 1. The predicted molar refractivity (Wildman–Crippen MR) is 56.5 cm³/mol. The molecule has 0 N–H and O–H groups in total. The van der Waals surface area contributed by atoms with Crippen molar-refractivity contribution in [1.82, 2.24) is 4.98 Å². The molecular formula is C10H10F2N2O4. The molecule has 0 bridgehead atoms. The van der Waals surface area contributed by atoms with Crippen LogP contribution in [0.4, 0.5) is 14.6 Å². The summed E-state index contributed by atoms with van der Waals surface area (Å²) in [5.41, 5.74) is -1.49. The summed E-state index contributed by atoms with van der Waals surface area (Å²) in [7, 11) is 0. The first-order valence-electron chi connectivity index (χ1n) is 4.99. The molecule has 0 unspecified atom stereocenters. The third-order valence-corrected chi connectivity index (χ3v) is 2.23. The molecule has 0 aliphatic rings. The number of esters is 1. The van der Waals surface area contributed by atoms with Crippen molar-refractivity contribution in [1.29, 1.82) is 0 Å². The van der Waals surface area contributed by atoms with Crippen molar-refractivity contribution in [2.24, 2.45) is 0 Å². The van der Waals surface area contributed by atoms with Gasteiger partial charge in [0.25, 0.3) is 6.43 Å². The van der Waals surface area contributed by atoms with Gasteiger partial charge in [0.1, 0.15) is 5.56 Å². The topological polar surface area (TPSA) is 82.3 Å². The number of nitro groups is 1. The van der Waals surface area contributed by atoms with Gasteiger partial charge in [0.05, 0.1) is 12.2 Å². The fourth-order valence-electron chi connectivity index (χ4n) is 1.45. The van der Waals surface area contributed by atoms with E-state index < -0.39 is 34.3 Å². The van der Waals surface area contributed by atoms with E-state index in [9.17, 15) is 23.7 Å². The summed E-state index contributed by atoms with van der Waals surface area (Å²) in [6, 6.07) is 0. The molecule has 0 aliphatic heterocycles. The Morgan fingerprint density at radius 2 is 2.22 bits per heavy atom. The molecule has 0 saturated heterocycles. The van der Waals surface area contributed by atoms with Crippen molar-refractivity contribution < 1.29 is 23.2 Å². The van der Waals surface area contributed by atoms with Crippen LogP contribution in [-0.2, 0) is 4.74 Å². The van der Waals surface area contributed by atoms with Crippen LogP contribution in [0, 0.1) is 17.0 Å². The lowest BCUT2D eigenvalue weighted by atomic mass is 10.0. The Balaban J connectivity index is 3.41. The Labute approximate surface area is 101 Å². The largest absolute Gasteiger partial charge is 0.462 e. The highest BCUT2D eigenvalue weighted by Crippen LogP contribution is 2.30. The number of alkyl halides is 2. The number of carbonyl (C=O) groups is 1. The number of ether oxygens (including phenoxy) is 1. The van der Waals surface area contributed by atoms with Gasteiger partial charge in [0.15, 0.2) is 6.20 Å². The van der Waals surface area contributed by atoms with Crippen molar-refractivity contribution in [2.75, 3.05) is 6.61 Å². The van der Waals surface area contributed by atoms with E-state index in [2.05, 4.69) is 9.72 Å². The number of nitrogens with zero attached hydrogens (tertiary/aromatic N) is 2. The normalized spacial score (nSPS) is 10.5. The van der Waals surface area contributed by atoms with E-state index in [1.54, 1.807) is 0 Å². The Hall–Kier alpha value is -2.12. The maximum absolute atomic E-state index is 12.9. The summed E-state index contributed by atoms with van der Waals surface area (Å²) in [5.74, 6) is -1.67. The Kier molecular flexibility index (Phi) is 4.24. The first-order valence-corrected chi connectivity index (χ1v) is 4.99. The van der Waals surface area contributed by atoms with Crippen molar-refractivity contribution in [3.8, 4) is 0 Å². The first-order chi connectivity index (χ1) is 8.40.